The van der Waals surface area contributed by atoms with Crippen molar-refractivity contribution in [3.63, 3.8) is 0 Å². The highest BCUT2D eigenvalue weighted by molar-refractivity contribution is 7.89. The van der Waals surface area contributed by atoms with Crippen LogP contribution in [-0.4, -0.2) is 39.5 Å². The fourth-order valence-corrected chi connectivity index (χ4v) is 4.66. The standard InChI is InChI=1S/C14H20Cl2N2O2S/c1-18(2)14(5-3-4-6-14)10-17-21(19,20)13-8-11(15)7-12(16)9-13/h7-9,17H,3-6,10H2,1-2H3. The summed E-state index contributed by atoms with van der Waals surface area (Å²) in [7, 11) is 0.382. The van der Waals surface area contributed by atoms with Crippen LogP contribution in [-0.2, 0) is 10.0 Å². The largest absolute Gasteiger partial charge is 0.302 e. The third-order valence-electron chi connectivity index (χ3n) is 4.22. The van der Waals surface area contributed by atoms with Crippen molar-refractivity contribution in [3.05, 3.63) is 28.2 Å². The number of sulfonamides is 1. The molecule has 1 N–H and O–H groups in total. The molecule has 4 nitrogen and oxygen atoms in total. The summed E-state index contributed by atoms with van der Waals surface area (Å²) in [6.45, 7) is 0.395. The molecule has 1 aliphatic rings. The van der Waals surface area contributed by atoms with E-state index in [1.54, 1.807) is 0 Å². The van der Waals surface area contributed by atoms with Crippen molar-refractivity contribution in [1.82, 2.24) is 9.62 Å². The lowest BCUT2D eigenvalue weighted by Gasteiger charge is -2.36. The maximum atomic E-state index is 12.4. The SMILES string of the molecule is CN(C)C1(CNS(=O)(=O)c2cc(Cl)cc(Cl)c2)CCCC1. The Labute approximate surface area is 136 Å². The van der Waals surface area contributed by atoms with Crippen LogP contribution in [0.4, 0.5) is 0 Å². The van der Waals surface area contributed by atoms with E-state index in [1.165, 1.54) is 18.2 Å². The molecule has 7 heteroatoms. The van der Waals surface area contributed by atoms with E-state index in [4.69, 9.17) is 23.2 Å². The molecule has 1 aromatic carbocycles. The van der Waals surface area contributed by atoms with Gasteiger partial charge in [0.1, 0.15) is 0 Å². The van der Waals surface area contributed by atoms with Gasteiger partial charge in [-0.2, -0.15) is 0 Å². The fraction of sp³-hybridized carbons (Fsp3) is 0.571. The molecule has 2 rings (SSSR count). The Kier molecular flexibility index (Phi) is 5.21. The summed E-state index contributed by atoms with van der Waals surface area (Å²) in [4.78, 5) is 2.22. The summed E-state index contributed by atoms with van der Waals surface area (Å²) >= 11 is 11.8. The van der Waals surface area contributed by atoms with Crippen molar-refractivity contribution in [1.29, 1.82) is 0 Å². The van der Waals surface area contributed by atoms with Crippen molar-refractivity contribution in [2.75, 3.05) is 20.6 Å². The van der Waals surface area contributed by atoms with Gasteiger partial charge in [-0.25, -0.2) is 13.1 Å². The van der Waals surface area contributed by atoms with Crippen LogP contribution in [0.5, 0.6) is 0 Å². The summed E-state index contributed by atoms with van der Waals surface area (Å²) in [5, 5.41) is 0.622. The van der Waals surface area contributed by atoms with Gasteiger partial charge in [-0.05, 0) is 45.1 Å². The lowest BCUT2D eigenvalue weighted by molar-refractivity contribution is 0.162. The van der Waals surface area contributed by atoms with Crippen molar-refractivity contribution in [2.24, 2.45) is 0 Å². The number of nitrogens with one attached hydrogen (secondary N) is 1. The maximum absolute atomic E-state index is 12.4. The van der Waals surface area contributed by atoms with Gasteiger partial charge in [-0.15, -0.1) is 0 Å². The zero-order valence-electron chi connectivity index (χ0n) is 12.2. The number of rotatable bonds is 5. The highest BCUT2D eigenvalue weighted by Crippen LogP contribution is 2.33. The third-order valence-corrected chi connectivity index (χ3v) is 6.04. The molecule has 1 saturated carbocycles. The minimum Gasteiger partial charge on any atom is -0.302 e. The quantitative estimate of drug-likeness (QED) is 0.887. The van der Waals surface area contributed by atoms with E-state index in [1.807, 2.05) is 14.1 Å². The molecule has 0 heterocycles. The summed E-state index contributed by atoms with van der Waals surface area (Å²) in [5.41, 5.74) is -0.102. The summed E-state index contributed by atoms with van der Waals surface area (Å²) in [6.07, 6.45) is 4.25. The van der Waals surface area contributed by atoms with E-state index in [-0.39, 0.29) is 10.4 Å². The predicted octanol–water partition coefficient (Wildman–Crippen LogP) is 3.15. The first-order valence-electron chi connectivity index (χ1n) is 6.88. The molecular weight excluding hydrogens is 331 g/mol. The summed E-state index contributed by atoms with van der Waals surface area (Å²) in [5.74, 6) is 0. The summed E-state index contributed by atoms with van der Waals surface area (Å²) < 4.78 is 27.5. The molecule has 1 fully saturated rings. The van der Waals surface area contributed by atoms with Crippen LogP contribution >= 0.6 is 23.2 Å². The van der Waals surface area contributed by atoms with Crippen molar-refractivity contribution >= 4 is 33.2 Å². The first-order valence-corrected chi connectivity index (χ1v) is 9.12. The normalized spacial score (nSPS) is 18.3. The Bertz CT molecular complexity index is 591. The van der Waals surface area contributed by atoms with Gasteiger partial charge < -0.3 is 4.90 Å². The number of nitrogens with zero attached hydrogens (tertiary/aromatic N) is 1. The van der Waals surface area contributed by atoms with Gasteiger partial charge >= 0.3 is 0 Å². The average molecular weight is 351 g/mol. The van der Waals surface area contributed by atoms with Gasteiger partial charge in [0.2, 0.25) is 10.0 Å². The van der Waals surface area contributed by atoms with Crippen LogP contribution in [0.15, 0.2) is 23.1 Å². The van der Waals surface area contributed by atoms with E-state index in [9.17, 15) is 8.42 Å². The van der Waals surface area contributed by atoms with E-state index in [2.05, 4.69) is 9.62 Å². The second kappa shape index (κ2) is 6.42. The molecule has 0 saturated heterocycles. The van der Waals surface area contributed by atoms with Crippen LogP contribution in [0.1, 0.15) is 25.7 Å². The molecule has 0 unspecified atom stereocenters. The predicted molar refractivity (Wildman–Crippen MR) is 86.5 cm³/mol. The molecule has 118 valence electrons. The van der Waals surface area contributed by atoms with Crippen LogP contribution in [0, 0.1) is 0 Å². The number of benzene rings is 1. The Morgan fingerprint density at radius 3 is 2.14 bits per heavy atom. The first-order chi connectivity index (χ1) is 9.75. The smallest absolute Gasteiger partial charge is 0.240 e. The monoisotopic (exact) mass is 350 g/mol. The second-order valence-corrected chi connectivity index (χ2v) is 8.40. The number of hydrogen-bond donors (Lipinski definition) is 1. The molecule has 21 heavy (non-hydrogen) atoms. The van der Waals surface area contributed by atoms with Crippen LogP contribution < -0.4 is 4.72 Å². The molecular formula is C14H20Cl2N2O2S. The maximum Gasteiger partial charge on any atom is 0.240 e. The van der Waals surface area contributed by atoms with Gasteiger partial charge in [0.15, 0.2) is 0 Å². The van der Waals surface area contributed by atoms with E-state index in [0.717, 1.165) is 25.7 Å². The third kappa shape index (κ3) is 3.90. The lowest BCUT2D eigenvalue weighted by Crippen LogP contribution is -2.50. The van der Waals surface area contributed by atoms with Crippen molar-refractivity contribution in [3.8, 4) is 0 Å². The van der Waals surface area contributed by atoms with Gasteiger partial charge in [0.25, 0.3) is 0 Å². The van der Waals surface area contributed by atoms with E-state index >= 15 is 0 Å². The van der Waals surface area contributed by atoms with Crippen molar-refractivity contribution in [2.45, 2.75) is 36.1 Å². The fourth-order valence-electron chi connectivity index (χ4n) is 2.81. The van der Waals surface area contributed by atoms with Gasteiger partial charge in [0, 0.05) is 22.1 Å². The van der Waals surface area contributed by atoms with Crippen molar-refractivity contribution < 1.29 is 8.42 Å². The van der Waals surface area contributed by atoms with E-state index < -0.39 is 10.0 Å². The molecule has 0 aliphatic heterocycles. The van der Waals surface area contributed by atoms with Gasteiger partial charge in [0.05, 0.1) is 4.90 Å². The summed E-state index contributed by atoms with van der Waals surface area (Å²) in [6, 6.07) is 4.33. The van der Waals surface area contributed by atoms with Crippen LogP contribution in [0.25, 0.3) is 0 Å². The highest BCUT2D eigenvalue weighted by Gasteiger charge is 2.37. The molecule has 1 aromatic rings. The molecule has 1 aliphatic carbocycles. The minimum absolute atomic E-state index is 0.102. The molecule has 0 amide bonds. The lowest BCUT2D eigenvalue weighted by atomic mass is 9.97. The Morgan fingerprint density at radius 2 is 1.67 bits per heavy atom. The Hall–Kier alpha value is -0.330. The molecule has 0 aromatic heterocycles. The Balaban J connectivity index is 2.17. The molecule has 0 radical (unpaired) electrons. The zero-order chi connectivity index (χ0) is 15.7. The molecule has 0 bridgehead atoms. The zero-order valence-corrected chi connectivity index (χ0v) is 14.5. The topological polar surface area (TPSA) is 49.4 Å². The van der Waals surface area contributed by atoms with Crippen LogP contribution in [0.3, 0.4) is 0 Å². The number of halogens is 2. The van der Waals surface area contributed by atoms with Crippen LogP contribution in [0.2, 0.25) is 10.0 Å². The molecule has 0 atom stereocenters. The minimum atomic E-state index is -3.61. The second-order valence-electron chi connectivity index (χ2n) is 5.76. The van der Waals surface area contributed by atoms with Gasteiger partial charge in [-0.3, -0.25) is 0 Å². The molecule has 0 spiro atoms. The Morgan fingerprint density at radius 1 is 1.14 bits per heavy atom. The average Bonchev–Trinajstić information content (AvgIpc) is 2.85. The number of hydrogen-bond acceptors (Lipinski definition) is 3. The van der Waals surface area contributed by atoms with Gasteiger partial charge in [-0.1, -0.05) is 36.0 Å². The number of likely N-dealkylation sites (N-methyl/N-ethyl adjacent to an activating group) is 1. The highest BCUT2D eigenvalue weighted by atomic mass is 35.5. The van der Waals surface area contributed by atoms with E-state index in [0.29, 0.717) is 16.6 Å². The first kappa shape index (κ1) is 17.0.